The quantitative estimate of drug-likeness (QED) is 0.647. The summed E-state index contributed by atoms with van der Waals surface area (Å²) >= 11 is 1.26. The van der Waals surface area contributed by atoms with Crippen molar-refractivity contribution in [1.82, 2.24) is 14.5 Å². The first-order valence-electron chi connectivity index (χ1n) is 9.74. The molecule has 0 saturated carbocycles. The van der Waals surface area contributed by atoms with Gasteiger partial charge in [-0.3, -0.25) is 10.1 Å². The van der Waals surface area contributed by atoms with E-state index in [1.54, 1.807) is 12.1 Å². The van der Waals surface area contributed by atoms with Gasteiger partial charge in [-0.05, 0) is 37.0 Å². The zero-order chi connectivity index (χ0) is 21.1. The van der Waals surface area contributed by atoms with Crippen LogP contribution in [0.25, 0.3) is 10.6 Å². The van der Waals surface area contributed by atoms with Crippen molar-refractivity contribution >= 4 is 32.4 Å². The molecule has 9 heteroatoms. The Morgan fingerprint density at radius 1 is 1.07 bits per heavy atom. The molecular weight excluding hydrogens is 420 g/mol. The second-order valence-corrected chi connectivity index (χ2v) is 10.3. The lowest BCUT2D eigenvalue weighted by Crippen LogP contribution is -2.37. The highest BCUT2D eigenvalue weighted by molar-refractivity contribution is 7.89. The standard InChI is InChI=1S/C21H22N4O3S2/c1-15-10-12-25(13-11-15)30(27,28)18-9-5-8-17(14-18)19(26)22-21-24-23-20(29-21)16-6-3-2-4-7-16/h2-9,14-15H,10-13H2,1H3,(H,22,24,26). The Hall–Kier alpha value is -2.62. The summed E-state index contributed by atoms with van der Waals surface area (Å²) in [6.07, 6.45) is 1.69. The van der Waals surface area contributed by atoms with Crippen LogP contribution in [0.4, 0.5) is 5.13 Å². The minimum atomic E-state index is -3.62. The van der Waals surface area contributed by atoms with Gasteiger partial charge in [-0.1, -0.05) is 54.7 Å². The van der Waals surface area contributed by atoms with E-state index in [-0.39, 0.29) is 10.5 Å². The Morgan fingerprint density at radius 2 is 1.80 bits per heavy atom. The average Bonchev–Trinajstić information content (AvgIpc) is 3.23. The second kappa shape index (κ2) is 8.63. The fourth-order valence-electron chi connectivity index (χ4n) is 3.31. The van der Waals surface area contributed by atoms with E-state index in [1.807, 2.05) is 30.3 Å². The first kappa shape index (κ1) is 20.6. The lowest BCUT2D eigenvalue weighted by molar-refractivity contribution is 0.102. The molecule has 0 spiro atoms. The van der Waals surface area contributed by atoms with Crippen LogP contribution in [-0.2, 0) is 10.0 Å². The molecule has 1 aliphatic rings. The van der Waals surface area contributed by atoms with E-state index in [0.717, 1.165) is 18.4 Å². The van der Waals surface area contributed by atoms with E-state index < -0.39 is 15.9 Å². The molecule has 1 aliphatic heterocycles. The molecule has 4 rings (SSSR count). The average molecular weight is 443 g/mol. The molecule has 1 amide bonds. The van der Waals surface area contributed by atoms with E-state index in [4.69, 9.17) is 0 Å². The summed E-state index contributed by atoms with van der Waals surface area (Å²) in [6, 6.07) is 15.7. The molecule has 1 saturated heterocycles. The predicted octanol–water partition coefficient (Wildman–Crippen LogP) is 3.88. The van der Waals surface area contributed by atoms with Crippen molar-refractivity contribution in [2.24, 2.45) is 5.92 Å². The Morgan fingerprint density at radius 3 is 2.53 bits per heavy atom. The van der Waals surface area contributed by atoms with E-state index in [9.17, 15) is 13.2 Å². The van der Waals surface area contributed by atoms with Gasteiger partial charge in [0.2, 0.25) is 15.2 Å². The maximum atomic E-state index is 13.0. The van der Waals surface area contributed by atoms with Gasteiger partial charge in [0.15, 0.2) is 0 Å². The van der Waals surface area contributed by atoms with Crippen LogP contribution in [0.2, 0.25) is 0 Å². The van der Waals surface area contributed by atoms with Gasteiger partial charge in [0.1, 0.15) is 5.01 Å². The van der Waals surface area contributed by atoms with Gasteiger partial charge >= 0.3 is 0 Å². The number of sulfonamides is 1. The third kappa shape index (κ3) is 4.43. The maximum absolute atomic E-state index is 13.0. The van der Waals surface area contributed by atoms with Crippen LogP contribution < -0.4 is 5.32 Å². The van der Waals surface area contributed by atoms with E-state index >= 15 is 0 Å². The summed E-state index contributed by atoms with van der Waals surface area (Å²) in [5, 5.41) is 11.9. The first-order chi connectivity index (χ1) is 14.4. The smallest absolute Gasteiger partial charge is 0.257 e. The summed E-state index contributed by atoms with van der Waals surface area (Å²) < 4.78 is 27.4. The maximum Gasteiger partial charge on any atom is 0.257 e. The molecule has 2 heterocycles. The largest absolute Gasteiger partial charge is 0.296 e. The molecule has 1 fully saturated rings. The summed E-state index contributed by atoms with van der Waals surface area (Å²) in [5.74, 6) is 0.108. The van der Waals surface area contributed by atoms with Crippen molar-refractivity contribution in [2.75, 3.05) is 18.4 Å². The summed E-state index contributed by atoms with van der Waals surface area (Å²) in [4.78, 5) is 12.8. The number of rotatable bonds is 5. The van der Waals surface area contributed by atoms with Gasteiger partial charge in [0.25, 0.3) is 5.91 Å². The van der Waals surface area contributed by atoms with E-state index in [0.29, 0.717) is 29.1 Å². The summed E-state index contributed by atoms with van der Waals surface area (Å²) in [7, 11) is -3.62. The number of carbonyl (C=O) groups excluding carboxylic acids is 1. The SMILES string of the molecule is CC1CCN(S(=O)(=O)c2cccc(C(=O)Nc3nnc(-c4ccccc4)s3)c2)CC1. The lowest BCUT2D eigenvalue weighted by Gasteiger charge is -2.29. The Balaban J connectivity index is 1.50. The fourth-order valence-corrected chi connectivity index (χ4v) is 5.57. The molecule has 3 aromatic rings. The Bertz CT molecular complexity index is 1140. The highest BCUT2D eigenvalue weighted by Gasteiger charge is 2.28. The molecule has 0 unspecified atom stereocenters. The molecule has 1 N–H and O–H groups in total. The van der Waals surface area contributed by atoms with Crippen LogP contribution in [0, 0.1) is 5.92 Å². The molecule has 2 aromatic carbocycles. The van der Waals surface area contributed by atoms with Gasteiger partial charge in [0, 0.05) is 24.2 Å². The number of benzene rings is 2. The van der Waals surface area contributed by atoms with Crippen LogP contribution in [0.3, 0.4) is 0 Å². The molecule has 0 radical (unpaired) electrons. The third-order valence-corrected chi connectivity index (χ3v) is 7.93. The monoisotopic (exact) mass is 442 g/mol. The third-order valence-electron chi connectivity index (χ3n) is 5.14. The van der Waals surface area contributed by atoms with Gasteiger partial charge in [-0.2, -0.15) is 4.31 Å². The minimum absolute atomic E-state index is 0.131. The van der Waals surface area contributed by atoms with E-state index in [2.05, 4.69) is 22.4 Å². The normalized spacial score (nSPS) is 15.8. The van der Waals surface area contributed by atoms with Gasteiger partial charge in [-0.15, -0.1) is 10.2 Å². The van der Waals surface area contributed by atoms with Crippen molar-refractivity contribution in [3.8, 4) is 10.6 Å². The molecule has 0 bridgehead atoms. The number of aromatic nitrogens is 2. The zero-order valence-electron chi connectivity index (χ0n) is 16.5. The topological polar surface area (TPSA) is 92.3 Å². The molecule has 0 atom stereocenters. The number of amides is 1. The highest BCUT2D eigenvalue weighted by atomic mass is 32.2. The van der Waals surface area contributed by atoms with Crippen molar-refractivity contribution in [3.05, 3.63) is 60.2 Å². The predicted molar refractivity (Wildman–Crippen MR) is 117 cm³/mol. The number of nitrogens with one attached hydrogen (secondary N) is 1. The number of hydrogen-bond donors (Lipinski definition) is 1. The number of nitrogens with zero attached hydrogens (tertiary/aromatic N) is 3. The van der Waals surface area contributed by atoms with Crippen LogP contribution in [-0.4, -0.2) is 41.9 Å². The molecule has 1 aromatic heterocycles. The first-order valence-corrected chi connectivity index (χ1v) is 12.0. The second-order valence-electron chi connectivity index (χ2n) is 7.35. The van der Waals surface area contributed by atoms with Crippen LogP contribution in [0.1, 0.15) is 30.1 Å². The van der Waals surface area contributed by atoms with Crippen molar-refractivity contribution in [2.45, 2.75) is 24.7 Å². The number of carbonyl (C=O) groups is 1. The van der Waals surface area contributed by atoms with Gasteiger partial charge in [-0.25, -0.2) is 8.42 Å². The molecule has 0 aliphatic carbocycles. The van der Waals surface area contributed by atoms with Crippen molar-refractivity contribution < 1.29 is 13.2 Å². The number of piperidine rings is 1. The summed E-state index contributed by atoms with van der Waals surface area (Å²) in [5.41, 5.74) is 1.18. The Labute approximate surface area is 179 Å². The van der Waals surface area contributed by atoms with Crippen molar-refractivity contribution in [1.29, 1.82) is 0 Å². The lowest BCUT2D eigenvalue weighted by atomic mass is 10.0. The van der Waals surface area contributed by atoms with Gasteiger partial charge < -0.3 is 0 Å². The number of anilines is 1. The minimum Gasteiger partial charge on any atom is -0.296 e. The molecular formula is C21H22N4O3S2. The molecule has 156 valence electrons. The van der Waals surface area contributed by atoms with Crippen LogP contribution in [0.15, 0.2) is 59.5 Å². The van der Waals surface area contributed by atoms with Crippen LogP contribution in [0.5, 0.6) is 0 Å². The summed E-state index contributed by atoms with van der Waals surface area (Å²) in [6.45, 7) is 3.14. The van der Waals surface area contributed by atoms with Gasteiger partial charge in [0.05, 0.1) is 4.90 Å². The molecule has 30 heavy (non-hydrogen) atoms. The van der Waals surface area contributed by atoms with Crippen molar-refractivity contribution in [3.63, 3.8) is 0 Å². The fraction of sp³-hybridized carbons (Fsp3) is 0.286. The highest BCUT2D eigenvalue weighted by Crippen LogP contribution is 2.27. The van der Waals surface area contributed by atoms with Crippen LogP contribution >= 0.6 is 11.3 Å². The Kier molecular flexibility index (Phi) is 5.94. The molecule has 7 nitrogen and oxygen atoms in total. The zero-order valence-corrected chi connectivity index (χ0v) is 18.1. The number of hydrogen-bond acceptors (Lipinski definition) is 6. The van der Waals surface area contributed by atoms with E-state index in [1.165, 1.54) is 27.8 Å².